The lowest BCUT2D eigenvalue weighted by Gasteiger charge is -2.11. The zero-order chi connectivity index (χ0) is 15.6. The van der Waals surface area contributed by atoms with Gasteiger partial charge in [-0.05, 0) is 18.4 Å². The van der Waals surface area contributed by atoms with Crippen molar-refractivity contribution in [2.24, 2.45) is 0 Å². The molecule has 0 spiro atoms. The number of carbonyl (C=O) groups excluding carboxylic acids is 1. The van der Waals surface area contributed by atoms with Gasteiger partial charge < -0.3 is 19.5 Å². The summed E-state index contributed by atoms with van der Waals surface area (Å²) >= 11 is 0. The number of nitrogens with one attached hydrogen (secondary N) is 1. The van der Waals surface area contributed by atoms with Crippen LogP contribution in [0.15, 0.2) is 30.3 Å². The van der Waals surface area contributed by atoms with E-state index >= 15 is 0 Å². The van der Waals surface area contributed by atoms with Gasteiger partial charge in [0, 0.05) is 26.2 Å². The van der Waals surface area contributed by atoms with E-state index in [0.717, 1.165) is 19.4 Å². The van der Waals surface area contributed by atoms with Crippen molar-refractivity contribution in [3.05, 3.63) is 35.9 Å². The molecule has 0 aromatic heterocycles. The average molecular weight is 307 g/mol. The number of hydrogen-bond acceptors (Lipinski definition) is 5. The molecule has 5 nitrogen and oxygen atoms in total. The molecule has 0 saturated carbocycles. The van der Waals surface area contributed by atoms with Crippen molar-refractivity contribution in [1.82, 2.24) is 5.32 Å². The van der Waals surface area contributed by atoms with Gasteiger partial charge in [-0.25, -0.2) is 0 Å². The number of hydrogen-bond donors (Lipinski definition) is 1. The van der Waals surface area contributed by atoms with Gasteiger partial charge in [0.25, 0.3) is 0 Å². The Labute approximate surface area is 131 Å². The highest BCUT2D eigenvalue weighted by atomic mass is 16.5. The lowest BCUT2D eigenvalue weighted by atomic mass is 10.2. The summed E-state index contributed by atoms with van der Waals surface area (Å²) < 4.78 is 16.1. The zero-order valence-electron chi connectivity index (χ0n) is 13.1. The summed E-state index contributed by atoms with van der Waals surface area (Å²) in [6.07, 6.45) is 2.74. The minimum atomic E-state index is -0.218. The normalized spacial score (nSPS) is 21.0. The van der Waals surface area contributed by atoms with E-state index in [1.807, 2.05) is 18.2 Å². The van der Waals surface area contributed by atoms with E-state index in [4.69, 9.17) is 14.2 Å². The van der Waals surface area contributed by atoms with Crippen molar-refractivity contribution in [1.29, 1.82) is 0 Å². The van der Waals surface area contributed by atoms with Crippen molar-refractivity contribution in [2.45, 2.75) is 38.0 Å². The van der Waals surface area contributed by atoms with Crippen LogP contribution in [0.1, 0.15) is 24.8 Å². The van der Waals surface area contributed by atoms with Crippen LogP contribution in [0.3, 0.4) is 0 Å². The van der Waals surface area contributed by atoms with Crippen LogP contribution in [0, 0.1) is 0 Å². The molecule has 1 aliphatic rings. The van der Waals surface area contributed by atoms with Crippen molar-refractivity contribution in [2.75, 3.05) is 26.9 Å². The maximum Gasteiger partial charge on any atom is 0.322 e. The summed E-state index contributed by atoms with van der Waals surface area (Å²) in [5.41, 5.74) is 1.20. The largest absolute Gasteiger partial charge is 0.468 e. The molecule has 1 fully saturated rings. The van der Waals surface area contributed by atoms with Gasteiger partial charge in [0.2, 0.25) is 0 Å². The Kier molecular flexibility index (Phi) is 7.36. The van der Waals surface area contributed by atoms with Crippen molar-refractivity contribution in [3.8, 4) is 0 Å². The molecule has 0 amide bonds. The van der Waals surface area contributed by atoms with Gasteiger partial charge in [-0.2, -0.15) is 0 Å². The van der Waals surface area contributed by atoms with Gasteiger partial charge >= 0.3 is 5.97 Å². The van der Waals surface area contributed by atoms with E-state index in [0.29, 0.717) is 26.2 Å². The first-order chi connectivity index (χ1) is 10.8. The van der Waals surface area contributed by atoms with Crippen molar-refractivity contribution < 1.29 is 19.0 Å². The van der Waals surface area contributed by atoms with Crippen LogP contribution in [0.25, 0.3) is 0 Å². The summed E-state index contributed by atoms with van der Waals surface area (Å²) in [7, 11) is 1.41. The summed E-state index contributed by atoms with van der Waals surface area (Å²) in [5.74, 6) is -0.208. The van der Waals surface area contributed by atoms with Gasteiger partial charge in [-0.15, -0.1) is 0 Å². The summed E-state index contributed by atoms with van der Waals surface area (Å²) in [6, 6.07) is 9.95. The minimum Gasteiger partial charge on any atom is -0.468 e. The highest BCUT2D eigenvalue weighted by Crippen LogP contribution is 2.12. The Morgan fingerprint density at radius 1 is 1.23 bits per heavy atom. The van der Waals surface area contributed by atoms with Crippen LogP contribution in [-0.2, 0) is 25.6 Å². The number of rotatable bonds is 9. The molecular formula is C17H25NO4. The van der Waals surface area contributed by atoms with Crippen LogP contribution < -0.4 is 5.32 Å². The first-order valence-corrected chi connectivity index (χ1v) is 7.84. The van der Waals surface area contributed by atoms with Crippen LogP contribution in [-0.4, -0.2) is 45.0 Å². The van der Waals surface area contributed by atoms with Crippen molar-refractivity contribution >= 4 is 5.97 Å². The predicted molar refractivity (Wildman–Crippen MR) is 83.5 cm³/mol. The number of benzene rings is 1. The maximum atomic E-state index is 11.4. The van der Waals surface area contributed by atoms with E-state index in [1.54, 1.807) is 0 Å². The van der Waals surface area contributed by atoms with E-state index in [-0.39, 0.29) is 18.1 Å². The topological polar surface area (TPSA) is 56.8 Å². The van der Waals surface area contributed by atoms with Gasteiger partial charge in [-0.3, -0.25) is 4.79 Å². The molecule has 1 N–H and O–H groups in total. The standard InChI is InChI=1S/C17H25NO4/c1-20-17(19)16-11-15(12-18-16)22-10-6-5-9-21-13-14-7-3-2-4-8-14/h2-4,7-8,15-16,18H,5-6,9-13H2,1H3/t15-,16+/m1/s1. The molecule has 0 aliphatic carbocycles. The summed E-state index contributed by atoms with van der Waals surface area (Å²) in [5, 5.41) is 3.11. The Morgan fingerprint density at radius 3 is 2.77 bits per heavy atom. The molecule has 0 bridgehead atoms. The van der Waals surface area contributed by atoms with E-state index < -0.39 is 0 Å². The SMILES string of the molecule is COC(=O)[C@@H]1C[C@@H](OCCCCOCc2ccccc2)CN1. The molecule has 1 aromatic rings. The van der Waals surface area contributed by atoms with E-state index in [9.17, 15) is 4.79 Å². The molecule has 1 saturated heterocycles. The van der Waals surface area contributed by atoms with Crippen LogP contribution in [0.4, 0.5) is 0 Å². The number of esters is 1. The Morgan fingerprint density at radius 2 is 2.00 bits per heavy atom. The number of unbranched alkanes of at least 4 members (excludes halogenated alkanes) is 1. The van der Waals surface area contributed by atoms with Crippen molar-refractivity contribution in [3.63, 3.8) is 0 Å². The smallest absolute Gasteiger partial charge is 0.322 e. The van der Waals surface area contributed by atoms with Crippen LogP contribution in [0.2, 0.25) is 0 Å². The zero-order valence-corrected chi connectivity index (χ0v) is 13.1. The lowest BCUT2D eigenvalue weighted by Crippen LogP contribution is -2.31. The Bertz CT molecular complexity index is 438. The third-order valence-electron chi connectivity index (χ3n) is 3.72. The summed E-state index contributed by atoms with van der Waals surface area (Å²) in [4.78, 5) is 11.4. The van der Waals surface area contributed by atoms with E-state index in [1.165, 1.54) is 12.7 Å². The van der Waals surface area contributed by atoms with Gasteiger partial charge in [-0.1, -0.05) is 30.3 Å². The molecule has 2 atom stereocenters. The molecule has 1 aromatic carbocycles. The highest BCUT2D eigenvalue weighted by molar-refractivity contribution is 5.76. The molecule has 2 rings (SSSR count). The lowest BCUT2D eigenvalue weighted by molar-refractivity contribution is -0.142. The van der Waals surface area contributed by atoms with Crippen LogP contribution >= 0.6 is 0 Å². The van der Waals surface area contributed by atoms with Crippen LogP contribution in [0.5, 0.6) is 0 Å². The monoisotopic (exact) mass is 307 g/mol. The molecule has 5 heteroatoms. The highest BCUT2D eigenvalue weighted by Gasteiger charge is 2.30. The number of carbonyl (C=O) groups is 1. The number of ether oxygens (including phenoxy) is 3. The van der Waals surface area contributed by atoms with Gasteiger partial charge in [0.15, 0.2) is 0 Å². The average Bonchev–Trinajstić information content (AvgIpc) is 3.03. The molecule has 0 unspecified atom stereocenters. The fourth-order valence-corrected chi connectivity index (χ4v) is 2.47. The second-order valence-corrected chi connectivity index (χ2v) is 5.46. The Balaban J connectivity index is 1.46. The van der Waals surface area contributed by atoms with Gasteiger partial charge in [0.05, 0.1) is 19.8 Å². The fraction of sp³-hybridized carbons (Fsp3) is 0.588. The third kappa shape index (κ3) is 5.75. The first-order valence-electron chi connectivity index (χ1n) is 7.84. The quantitative estimate of drug-likeness (QED) is 0.558. The second-order valence-electron chi connectivity index (χ2n) is 5.46. The molecular weight excluding hydrogens is 282 g/mol. The fourth-order valence-electron chi connectivity index (χ4n) is 2.47. The molecule has 0 radical (unpaired) electrons. The Hall–Kier alpha value is -1.43. The van der Waals surface area contributed by atoms with E-state index in [2.05, 4.69) is 17.4 Å². The maximum absolute atomic E-state index is 11.4. The third-order valence-corrected chi connectivity index (χ3v) is 3.72. The second kappa shape index (κ2) is 9.56. The molecule has 22 heavy (non-hydrogen) atoms. The number of methoxy groups -OCH3 is 1. The predicted octanol–water partition coefficient (Wildman–Crippen LogP) is 1.90. The first kappa shape index (κ1) is 16.9. The molecule has 122 valence electrons. The minimum absolute atomic E-state index is 0.106. The molecule has 1 heterocycles. The van der Waals surface area contributed by atoms with Gasteiger partial charge in [0.1, 0.15) is 6.04 Å². The molecule has 1 aliphatic heterocycles. The summed E-state index contributed by atoms with van der Waals surface area (Å²) in [6.45, 7) is 2.82.